The molecule has 0 amide bonds. The van der Waals surface area contributed by atoms with Gasteiger partial charge in [0, 0.05) is 18.0 Å². The lowest BCUT2D eigenvalue weighted by atomic mass is 10.2. The first-order valence-corrected chi connectivity index (χ1v) is 4.66. The van der Waals surface area contributed by atoms with Crippen LogP contribution in [-0.4, -0.2) is 15.0 Å². The van der Waals surface area contributed by atoms with Crippen molar-refractivity contribution in [1.82, 2.24) is 15.0 Å². The van der Waals surface area contributed by atoms with E-state index in [1.54, 1.807) is 31.5 Å². The zero-order chi connectivity index (χ0) is 10.8. The number of halogens is 2. The minimum absolute atomic E-state index is 0.165. The molecule has 2 heterocycles. The molecule has 2 aromatic rings. The van der Waals surface area contributed by atoms with Crippen LogP contribution in [0.3, 0.4) is 0 Å². The molecular weight excluding hydrogens is 217 g/mol. The quantitative estimate of drug-likeness (QED) is 0.698. The van der Waals surface area contributed by atoms with Gasteiger partial charge in [0.25, 0.3) is 0 Å². The Bertz CT molecular complexity index is 464. The molecule has 0 fully saturated rings. The molecule has 2 rings (SSSR count). The molecule has 0 aliphatic heterocycles. The van der Waals surface area contributed by atoms with Crippen LogP contribution in [0.5, 0.6) is 0 Å². The molecule has 2 aromatic heterocycles. The normalized spacial score (nSPS) is 10.3. The average Bonchev–Trinajstić information content (AvgIpc) is 2.26. The summed E-state index contributed by atoms with van der Waals surface area (Å²) in [7, 11) is 0. The number of hydrogen-bond acceptors (Lipinski definition) is 3. The molecule has 0 atom stereocenters. The molecule has 0 N–H and O–H groups in total. The van der Waals surface area contributed by atoms with Gasteiger partial charge in [-0.05, 0) is 19.1 Å². The van der Waals surface area contributed by atoms with E-state index in [1.807, 2.05) is 0 Å². The summed E-state index contributed by atoms with van der Waals surface area (Å²) < 4.78 is 13.2. The highest BCUT2D eigenvalue weighted by Crippen LogP contribution is 2.19. The molecule has 0 radical (unpaired) electrons. The Morgan fingerprint density at radius 1 is 1.33 bits per heavy atom. The third-order valence-electron chi connectivity index (χ3n) is 1.90. The van der Waals surface area contributed by atoms with Crippen molar-refractivity contribution < 1.29 is 4.39 Å². The molecule has 0 aromatic carbocycles. The van der Waals surface area contributed by atoms with Gasteiger partial charge in [0.05, 0.1) is 5.69 Å². The Labute approximate surface area is 91.0 Å². The predicted octanol–water partition coefficient (Wildman–Crippen LogP) is 2.64. The maximum atomic E-state index is 13.2. The molecule has 0 saturated carbocycles. The summed E-state index contributed by atoms with van der Waals surface area (Å²) in [4.78, 5) is 11.8. The highest BCUT2D eigenvalue weighted by atomic mass is 35.5. The highest BCUT2D eigenvalue weighted by Gasteiger charge is 2.10. The van der Waals surface area contributed by atoms with Gasteiger partial charge in [-0.15, -0.1) is 0 Å². The maximum Gasteiger partial charge on any atom is 0.181 e. The number of pyridine rings is 1. The fourth-order valence-corrected chi connectivity index (χ4v) is 1.37. The van der Waals surface area contributed by atoms with E-state index in [2.05, 4.69) is 15.0 Å². The summed E-state index contributed by atoms with van der Waals surface area (Å²) in [6.07, 6.45) is 3.24. The van der Waals surface area contributed by atoms with Gasteiger partial charge in [0.15, 0.2) is 16.8 Å². The van der Waals surface area contributed by atoms with E-state index in [9.17, 15) is 4.39 Å². The van der Waals surface area contributed by atoms with E-state index >= 15 is 0 Å². The Morgan fingerprint density at radius 3 is 2.73 bits per heavy atom. The predicted molar refractivity (Wildman–Crippen MR) is 55.0 cm³/mol. The van der Waals surface area contributed by atoms with Gasteiger partial charge in [0.1, 0.15) is 0 Å². The molecule has 76 valence electrons. The zero-order valence-corrected chi connectivity index (χ0v) is 8.66. The second kappa shape index (κ2) is 3.90. The van der Waals surface area contributed by atoms with Crippen molar-refractivity contribution in [3.8, 4) is 11.4 Å². The summed E-state index contributed by atoms with van der Waals surface area (Å²) >= 11 is 5.62. The van der Waals surface area contributed by atoms with Crippen molar-refractivity contribution in [3.05, 3.63) is 41.2 Å². The van der Waals surface area contributed by atoms with Crippen LogP contribution in [0, 0.1) is 12.7 Å². The molecule has 5 heteroatoms. The largest absolute Gasteiger partial charge is 0.264 e. The van der Waals surface area contributed by atoms with Crippen LogP contribution in [0.2, 0.25) is 5.15 Å². The summed E-state index contributed by atoms with van der Waals surface area (Å²) in [6, 6.07) is 3.54. The molecule has 0 bridgehead atoms. The van der Waals surface area contributed by atoms with Crippen LogP contribution in [0.4, 0.5) is 4.39 Å². The van der Waals surface area contributed by atoms with Crippen molar-refractivity contribution in [2.75, 3.05) is 0 Å². The first-order valence-electron chi connectivity index (χ1n) is 4.28. The second-order valence-electron chi connectivity index (χ2n) is 2.98. The van der Waals surface area contributed by atoms with E-state index in [-0.39, 0.29) is 10.8 Å². The molecule has 0 aliphatic carbocycles. The number of nitrogens with zero attached hydrogens (tertiary/aromatic N) is 3. The fourth-order valence-electron chi connectivity index (χ4n) is 1.15. The van der Waals surface area contributed by atoms with Crippen molar-refractivity contribution in [3.63, 3.8) is 0 Å². The smallest absolute Gasteiger partial charge is 0.181 e. The van der Waals surface area contributed by atoms with Gasteiger partial charge in [-0.3, -0.25) is 4.98 Å². The minimum Gasteiger partial charge on any atom is -0.264 e. The number of hydrogen-bond donors (Lipinski definition) is 0. The first kappa shape index (κ1) is 9.98. The highest BCUT2D eigenvalue weighted by molar-refractivity contribution is 6.29. The molecule has 0 spiro atoms. The van der Waals surface area contributed by atoms with Crippen molar-refractivity contribution in [2.45, 2.75) is 6.92 Å². The molecule has 15 heavy (non-hydrogen) atoms. The van der Waals surface area contributed by atoms with Crippen LogP contribution in [0.25, 0.3) is 11.4 Å². The number of aromatic nitrogens is 3. The topological polar surface area (TPSA) is 38.7 Å². The Morgan fingerprint density at radius 2 is 2.13 bits per heavy atom. The molecule has 3 nitrogen and oxygen atoms in total. The molecular formula is C10H7ClFN3. The Kier molecular flexibility index (Phi) is 2.60. The average molecular weight is 224 g/mol. The van der Waals surface area contributed by atoms with Gasteiger partial charge >= 0.3 is 0 Å². The van der Waals surface area contributed by atoms with Gasteiger partial charge in [-0.1, -0.05) is 11.6 Å². The monoisotopic (exact) mass is 223 g/mol. The third kappa shape index (κ3) is 1.94. The number of aryl methyl sites for hydroxylation is 1. The summed E-state index contributed by atoms with van der Waals surface area (Å²) in [5.41, 5.74) is 0.941. The Balaban J connectivity index is 2.56. The zero-order valence-electron chi connectivity index (χ0n) is 7.91. The van der Waals surface area contributed by atoms with Crippen LogP contribution in [0.15, 0.2) is 24.5 Å². The van der Waals surface area contributed by atoms with Crippen LogP contribution in [-0.2, 0) is 0 Å². The van der Waals surface area contributed by atoms with Gasteiger partial charge < -0.3 is 0 Å². The van der Waals surface area contributed by atoms with Crippen molar-refractivity contribution >= 4 is 11.6 Å². The summed E-state index contributed by atoms with van der Waals surface area (Å²) in [5.74, 6) is -0.198. The maximum absolute atomic E-state index is 13.2. The van der Waals surface area contributed by atoms with E-state index in [0.29, 0.717) is 11.4 Å². The summed E-state index contributed by atoms with van der Waals surface area (Å²) in [6.45, 7) is 1.54. The van der Waals surface area contributed by atoms with Gasteiger partial charge in [0.2, 0.25) is 0 Å². The van der Waals surface area contributed by atoms with Gasteiger partial charge in [-0.25, -0.2) is 14.4 Å². The second-order valence-corrected chi connectivity index (χ2v) is 3.34. The van der Waals surface area contributed by atoms with E-state index < -0.39 is 5.82 Å². The first-order chi connectivity index (χ1) is 7.18. The standard InChI is InChI=1S/C10H7ClFN3/c1-6-8(12)9(11)15-10(14-6)7-3-2-4-13-5-7/h2-5H,1H3. The molecule has 0 saturated heterocycles. The van der Waals surface area contributed by atoms with E-state index in [4.69, 9.17) is 11.6 Å². The molecule has 0 aliphatic rings. The lowest BCUT2D eigenvalue weighted by Crippen LogP contribution is -1.97. The third-order valence-corrected chi connectivity index (χ3v) is 2.15. The summed E-state index contributed by atoms with van der Waals surface area (Å²) in [5, 5.41) is -0.165. The lowest BCUT2D eigenvalue weighted by molar-refractivity contribution is 0.603. The van der Waals surface area contributed by atoms with Crippen molar-refractivity contribution in [2.24, 2.45) is 0 Å². The minimum atomic E-state index is -0.579. The SMILES string of the molecule is Cc1nc(-c2cccnc2)nc(Cl)c1F. The molecule has 0 unspecified atom stereocenters. The van der Waals surface area contributed by atoms with Crippen LogP contribution < -0.4 is 0 Å². The number of rotatable bonds is 1. The van der Waals surface area contributed by atoms with Crippen molar-refractivity contribution in [1.29, 1.82) is 0 Å². The van der Waals surface area contributed by atoms with Gasteiger partial charge in [-0.2, -0.15) is 0 Å². The van der Waals surface area contributed by atoms with E-state index in [1.165, 1.54) is 0 Å². The fraction of sp³-hybridized carbons (Fsp3) is 0.100. The van der Waals surface area contributed by atoms with E-state index in [0.717, 1.165) is 0 Å². The Hall–Kier alpha value is -1.55. The van der Waals surface area contributed by atoms with Crippen LogP contribution >= 0.6 is 11.6 Å². The van der Waals surface area contributed by atoms with Crippen LogP contribution in [0.1, 0.15) is 5.69 Å². The lowest BCUT2D eigenvalue weighted by Gasteiger charge is -2.02.